The van der Waals surface area contributed by atoms with Crippen LogP contribution in [0.1, 0.15) is 11.3 Å². The van der Waals surface area contributed by atoms with Gasteiger partial charge in [0.15, 0.2) is 0 Å². The number of hydrogen-bond acceptors (Lipinski definition) is 6. The van der Waals surface area contributed by atoms with Crippen molar-refractivity contribution < 1.29 is 24.5 Å². The third-order valence-electron chi connectivity index (χ3n) is 3.43. The number of ether oxygens (including phenoxy) is 1. The van der Waals surface area contributed by atoms with E-state index >= 15 is 0 Å². The van der Waals surface area contributed by atoms with Crippen LogP contribution in [-0.2, 0) is 9.53 Å². The van der Waals surface area contributed by atoms with E-state index < -0.39 is 30.4 Å². The van der Waals surface area contributed by atoms with Crippen LogP contribution < -0.4 is 5.32 Å². The summed E-state index contributed by atoms with van der Waals surface area (Å²) in [6.07, 6.45) is -0.636. The summed E-state index contributed by atoms with van der Waals surface area (Å²) in [6, 6.07) is 3.08. The molecule has 1 aromatic heterocycles. The summed E-state index contributed by atoms with van der Waals surface area (Å²) in [5.41, 5.74) is 0.179. The second-order valence-corrected chi connectivity index (χ2v) is 5.77. The van der Waals surface area contributed by atoms with Crippen molar-refractivity contribution in [2.75, 3.05) is 6.61 Å². The quantitative estimate of drug-likeness (QED) is 0.543. The van der Waals surface area contributed by atoms with Crippen molar-refractivity contribution in [2.24, 2.45) is 0 Å². The maximum absolute atomic E-state index is 11.9. The lowest BCUT2D eigenvalue weighted by Gasteiger charge is -2.22. The van der Waals surface area contributed by atoms with Crippen LogP contribution in [0.5, 0.6) is 0 Å². The first kappa shape index (κ1) is 14.2. The van der Waals surface area contributed by atoms with Crippen molar-refractivity contribution >= 4 is 29.4 Å². The second kappa shape index (κ2) is 5.57. The van der Waals surface area contributed by atoms with Crippen LogP contribution in [0.2, 0.25) is 0 Å². The molecule has 3 rings (SSSR count). The Morgan fingerprint density at radius 3 is 2.95 bits per heavy atom. The zero-order valence-corrected chi connectivity index (χ0v) is 11.7. The van der Waals surface area contributed by atoms with E-state index in [0.717, 1.165) is 4.88 Å². The van der Waals surface area contributed by atoms with Crippen molar-refractivity contribution in [3.63, 3.8) is 0 Å². The van der Waals surface area contributed by atoms with Gasteiger partial charge < -0.3 is 14.9 Å². The number of nitrogens with zero attached hydrogens (tertiary/aromatic N) is 1. The molecule has 2 fully saturated rings. The van der Waals surface area contributed by atoms with Crippen LogP contribution in [0.3, 0.4) is 0 Å². The number of aliphatic hydroxyl groups is 2. The molecular formula is C13H14N2O5S. The largest absolute Gasteiger partial charge is 0.394 e. The molecule has 0 radical (unpaired) electrons. The average Bonchev–Trinajstić information content (AvgIpc) is 3.12. The molecule has 2 saturated heterocycles. The number of rotatable bonds is 3. The van der Waals surface area contributed by atoms with Crippen LogP contribution in [0.15, 0.2) is 23.2 Å². The minimum Gasteiger partial charge on any atom is -0.394 e. The Kier molecular flexibility index (Phi) is 3.77. The van der Waals surface area contributed by atoms with Gasteiger partial charge in [0.2, 0.25) is 0 Å². The molecule has 21 heavy (non-hydrogen) atoms. The Morgan fingerprint density at radius 1 is 1.52 bits per heavy atom. The Labute approximate surface area is 124 Å². The number of imide groups is 1. The molecule has 0 unspecified atom stereocenters. The van der Waals surface area contributed by atoms with Gasteiger partial charge in [-0.1, -0.05) is 6.07 Å². The fourth-order valence-electron chi connectivity index (χ4n) is 2.41. The van der Waals surface area contributed by atoms with Gasteiger partial charge in [0.25, 0.3) is 5.91 Å². The highest BCUT2D eigenvalue weighted by molar-refractivity contribution is 7.10. The lowest BCUT2D eigenvalue weighted by molar-refractivity contribution is -0.116. The van der Waals surface area contributed by atoms with Gasteiger partial charge in [-0.05, 0) is 17.5 Å². The fraction of sp³-hybridized carbons (Fsp3) is 0.385. The van der Waals surface area contributed by atoms with Crippen molar-refractivity contribution in [3.8, 4) is 0 Å². The van der Waals surface area contributed by atoms with Crippen LogP contribution in [0.25, 0.3) is 6.08 Å². The molecule has 2 aliphatic rings. The van der Waals surface area contributed by atoms with Gasteiger partial charge in [0.05, 0.1) is 12.7 Å². The SMILES string of the molecule is O=C1NC(=O)N([C@H]2C[C@H](O)[C@@H](CO)O2)/C1=C\c1cccs1. The second-order valence-electron chi connectivity index (χ2n) is 4.79. The number of urea groups is 1. The Morgan fingerprint density at radius 2 is 2.33 bits per heavy atom. The Hall–Kier alpha value is -1.74. The Bertz CT molecular complexity index is 585. The minimum absolute atomic E-state index is 0.147. The summed E-state index contributed by atoms with van der Waals surface area (Å²) in [7, 11) is 0. The van der Waals surface area contributed by atoms with Gasteiger partial charge in [0, 0.05) is 11.3 Å². The molecule has 2 aliphatic heterocycles. The summed E-state index contributed by atoms with van der Waals surface area (Å²) in [6.45, 7) is -0.342. The van der Waals surface area contributed by atoms with E-state index in [-0.39, 0.29) is 18.7 Å². The van der Waals surface area contributed by atoms with E-state index in [2.05, 4.69) is 5.32 Å². The van der Waals surface area contributed by atoms with Crippen molar-refractivity contribution in [1.82, 2.24) is 10.2 Å². The van der Waals surface area contributed by atoms with Crippen molar-refractivity contribution in [2.45, 2.75) is 24.9 Å². The molecule has 3 atom stereocenters. The number of aliphatic hydroxyl groups excluding tert-OH is 2. The highest BCUT2D eigenvalue weighted by atomic mass is 32.1. The monoisotopic (exact) mass is 310 g/mol. The highest BCUT2D eigenvalue weighted by Gasteiger charge is 2.45. The summed E-state index contributed by atoms with van der Waals surface area (Å²) < 4.78 is 5.45. The molecule has 0 saturated carbocycles. The number of hydrogen-bond donors (Lipinski definition) is 3. The van der Waals surface area contributed by atoms with Crippen molar-refractivity contribution in [1.29, 1.82) is 0 Å². The predicted octanol–water partition coefficient (Wildman–Crippen LogP) is 0.109. The van der Waals surface area contributed by atoms with E-state index in [0.29, 0.717) is 0 Å². The lowest BCUT2D eigenvalue weighted by atomic mass is 10.2. The summed E-state index contributed by atoms with van der Waals surface area (Å²) >= 11 is 1.44. The Balaban J connectivity index is 1.88. The topological polar surface area (TPSA) is 99.1 Å². The third kappa shape index (κ3) is 2.58. The molecule has 112 valence electrons. The van der Waals surface area contributed by atoms with Crippen LogP contribution in [0, 0.1) is 0 Å². The van der Waals surface area contributed by atoms with E-state index in [9.17, 15) is 14.7 Å². The first-order valence-electron chi connectivity index (χ1n) is 6.44. The van der Waals surface area contributed by atoms with Gasteiger partial charge in [-0.3, -0.25) is 15.0 Å². The molecular weight excluding hydrogens is 296 g/mol. The molecule has 7 nitrogen and oxygen atoms in total. The summed E-state index contributed by atoms with van der Waals surface area (Å²) in [5, 5.41) is 23.0. The number of nitrogens with one attached hydrogen (secondary N) is 1. The molecule has 0 aromatic carbocycles. The van der Waals surface area contributed by atoms with E-state index in [1.54, 1.807) is 6.08 Å². The maximum Gasteiger partial charge on any atom is 0.331 e. The average molecular weight is 310 g/mol. The van der Waals surface area contributed by atoms with E-state index in [1.165, 1.54) is 16.2 Å². The highest BCUT2D eigenvalue weighted by Crippen LogP contribution is 2.29. The normalized spacial score (nSPS) is 31.2. The maximum atomic E-state index is 11.9. The standard InChI is InChI=1S/C13H14N2O5S/c16-6-10-9(17)5-11(20-10)15-8(12(18)14-13(15)19)4-7-2-1-3-21-7/h1-4,9-11,16-17H,5-6H2,(H,14,18,19)/b8-4-/t9-,10+,11+/m0/s1. The van der Waals surface area contributed by atoms with Gasteiger partial charge in [0.1, 0.15) is 18.0 Å². The van der Waals surface area contributed by atoms with Gasteiger partial charge in [-0.2, -0.15) is 0 Å². The molecule has 1 aromatic rings. The van der Waals surface area contributed by atoms with E-state index in [1.807, 2.05) is 17.5 Å². The zero-order valence-electron chi connectivity index (χ0n) is 10.9. The summed E-state index contributed by atoms with van der Waals surface area (Å²) in [4.78, 5) is 25.9. The fourth-order valence-corrected chi connectivity index (χ4v) is 3.06. The van der Waals surface area contributed by atoms with Gasteiger partial charge in [-0.25, -0.2) is 4.79 Å². The molecule has 0 spiro atoms. The van der Waals surface area contributed by atoms with Crippen LogP contribution in [0.4, 0.5) is 4.79 Å². The molecule has 0 aliphatic carbocycles. The smallest absolute Gasteiger partial charge is 0.331 e. The van der Waals surface area contributed by atoms with Crippen molar-refractivity contribution in [3.05, 3.63) is 28.1 Å². The first-order valence-corrected chi connectivity index (χ1v) is 7.32. The minimum atomic E-state index is -0.869. The lowest BCUT2D eigenvalue weighted by Crippen LogP contribution is -2.37. The molecule has 8 heteroatoms. The van der Waals surface area contributed by atoms with Crippen LogP contribution in [-0.4, -0.2) is 52.1 Å². The van der Waals surface area contributed by atoms with Crippen LogP contribution >= 0.6 is 11.3 Å². The number of carbonyl (C=O) groups is 2. The summed E-state index contributed by atoms with van der Waals surface area (Å²) in [5.74, 6) is -0.501. The number of carbonyl (C=O) groups excluding carboxylic acids is 2. The molecule has 3 heterocycles. The number of amides is 3. The third-order valence-corrected chi connectivity index (χ3v) is 4.25. The zero-order chi connectivity index (χ0) is 15.0. The molecule has 3 N–H and O–H groups in total. The van der Waals surface area contributed by atoms with E-state index in [4.69, 9.17) is 9.84 Å². The van der Waals surface area contributed by atoms with Gasteiger partial charge >= 0.3 is 6.03 Å². The van der Waals surface area contributed by atoms with Gasteiger partial charge in [-0.15, -0.1) is 11.3 Å². The number of thiophene rings is 1. The first-order chi connectivity index (χ1) is 10.1. The predicted molar refractivity (Wildman–Crippen MR) is 74.0 cm³/mol. The molecule has 0 bridgehead atoms. The molecule has 3 amide bonds.